The zero-order valence-electron chi connectivity index (χ0n) is 20.1. The first kappa shape index (κ1) is 24.6. The van der Waals surface area contributed by atoms with Crippen LogP contribution in [0.5, 0.6) is 0 Å². The lowest BCUT2D eigenvalue weighted by atomic mass is 9.79. The van der Waals surface area contributed by atoms with Gasteiger partial charge in [-0.05, 0) is 85.0 Å². The normalized spacial score (nSPS) is 26.9. The Morgan fingerprint density at radius 1 is 1.00 bits per heavy atom. The van der Waals surface area contributed by atoms with E-state index in [1.165, 1.54) is 12.1 Å². The van der Waals surface area contributed by atoms with Crippen LogP contribution in [-0.2, 0) is 30.1 Å². The van der Waals surface area contributed by atoms with Crippen molar-refractivity contribution in [1.82, 2.24) is 18.8 Å². The number of aromatic nitrogens is 2. The van der Waals surface area contributed by atoms with Crippen LogP contribution in [0.25, 0.3) is 22.5 Å². The zero-order chi connectivity index (χ0) is 26.2. The summed E-state index contributed by atoms with van der Waals surface area (Å²) in [5.41, 5.74) is 4.63. The number of nitrogens with one attached hydrogen (secondary N) is 1. The Bertz CT molecular complexity index is 1470. The maximum Gasteiger partial charge on any atom is 0.402 e. The molecule has 1 spiro atoms. The van der Waals surface area contributed by atoms with Gasteiger partial charge in [-0.15, -0.1) is 0 Å². The number of fused-ring (bicyclic) bond motifs is 1. The molecular weight excluding hydrogens is 508 g/mol. The molecule has 6 nitrogen and oxygen atoms in total. The predicted octanol–water partition coefficient (Wildman–Crippen LogP) is 4.47. The van der Waals surface area contributed by atoms with Gasteiger partial charge in [-0.1, -0.05) is 12.1 Å². The third-order valence-electron chi connectivity index (χ3n) is 8.23. The smallest absolute Gasteiger partial charge is 0.267 e. The zero-order valence-corrected chi connectivity index (χ0v) is 20.9. The largest absolute Gasteiger partial charge is 0.402 e. The highest BCUT2D eigenvalue weighted by Gasteiger charge is 2.60. The van der Waals surface area contributed by atoms with Crippen LogP contribution in [0.1, 0.15) is 24.0 Å². The summed E-state index contributed by atoms with van der Waals surface area (Å²) in [4.78, 5) is 0. The van der Waals surface area contributed by atoms with E-state index in [-0.39, 0.29) is 24.2 Å². The predicted molar refractivity (Wildman–Crippen MR) is 130 cm³/mol. The fourth-order valence-corrected chi connectivity index (χ4v) is 8.21. The summed E-state index contributed by atoms with van der Waals surface area (Å²) >= 11 is 0. The van der Waals surface area contributed by atoms with Crippen LogP contribution in [0.4, 0.5) is 17.6 Å². The Hall–Kier alpha value is -2.76. The number of hydrogen-bond donors (Lipinski definition) is 1. The molecule has 11 heteroatoms. The van der Waals surface area contributed by atoms with Crippen LogP contribution in [0.3, 0.4) is 0 Å². The molecule has 0 amide bonds. The third-order valence-corrected chi connectivity index (χ3v) is 9.80. The Morgan fingerprint density at radius 2 is 1.65 bits per heavy atom. The number of halogens is 4. The fraction of sp³-hybridized carbons (Fsp3) is 0.423. The molecule has 1 N–H and O–H groups in total. The second-order valence-corrected chi connectivity index (χ2v) is 12.1. The van der Waals surface area contributed by atoms with Crippen LogP contribution >= 0.6 is 0 Å². The minimum absolute atomic E-state index is 0.0700. The Labute approximate surface area is 212 Å². The van der Waals surface area contributed by atoms with E-state index in [4.69, 9.17) is 0 Å². The van der Waals surface area contributed by atoms with Gasteiger partial charge in [0.15, 0.2) is 0 Å². The Balaban J connectivity index is 1.31. The minimum Gasteiger partial charge on any atom is -0.267 e. The van der Waals surface area contributed by atoms with Gasteiger partial charge in [-0.25, -0.2) is 4.39 Å². The van der Waals surface area contributed by atoms with Crippen molar-refractivity contribution in [3.05, 3.63) is 65.5 Å². The molecule has 2 aromatic carbocycles. The summed E-state index contributed by atoms with van der Waals surface area (Å²) in [6, 6.07) is 14.2. The number of rotatable bonds is 3. The van der Waals surface area contributed by atoms with Gasteiger partial charge in [0, 0.05) is 24.7 Å². The average molecular weight is 535 g/mol. The van der Waals surface area contributed by atoms with Crippen LogP contribution in [0.15, 0.2) is 48.5 Å². The van der Waals surface area contributed by atoms with E-state index in [0.717, 1.165) is 46.5 Å². The molecule has 2 bridgehead atoms. The summed E-state index contributed by atoms with van der Waals surface area (Å²) in [5, 5.41) is 4.59. The molecule has 37 heavy (non-hydrogen) atoms. The first-order valence-corrected chi connectivity index (χ1v) is 13.7. The lowest BCUT2D eigenvalue weighted by Crippen LogP contribution is -2.52. The van der Waals surface area contributed by atoms with Crippen molar-refractivity contribution in [2.24, 2.45) is 18.9 Å². The SMILES string of the molecule is Cn1nc(-c2ccc(F)cc2)cc1-c1ccc2c(c1)C[C@@H]1CC[C@H](C2)[C@]12CN(CC(F)(F)F)S(=O)(=O)N2. The van der Waals surface area contributed by atoms with Crippen molar-refractivity contribution < 1.29 is 26.0 Å². The van der Waals surface area contributed by atoms with E-state index in [9.17, 15) is 26.0 Å². The molecule has 0 unspecified atom stereocenters. The van der Waals surface area contributed by atoms with Crippen molar-refractivity contribution in [3.8, 4) is 22.5 Å². The molecule has 1 saturated carbocycles. The highest BCUT2D eigenvalue weighted by molar-refractivity contribution is 7.87. The van der Waals surface area contributed by atoms with Gasteiger partial charge in [0.25, 0.3) is 10.2 Å². The lowest BCUT2D eigenvalue weighted by molar-refractivity contribution is -0.136. The number of hydrogen-bond acceptors (Lipinski definition) is 3. The van der Waals surface area contributed by atoms with Gasteiger partial charge in [0.05, 0.1) is 16.9 Å². The van der Waals surface area contributed by atoms with E-state index in [0.29, 0.717) is 17.1 Å². The quantitative estimate of drug-likeness (QED) is 0.505. The van der Waals surface area contributed by atoms with Gasteiger partial charge in [0.1, 0.15) is 12.4 Å². The standard InChI is InChI=1S/C26H26F4N4O2S/c1-33-24(13-23(31-33)16-4-8-22(27)9-5-16)18-3-2-17-11-20-6-7-21(12-19(17)10-18)25(20)14-34(15-26(28,29)30)37(35,36)32-25/h2-5,8-10,13,20-21,32H,6-7,11-12,14-15H2,1H3/t20-,21+,25-/m1/s1. The second kappa shape index (κ2) is 8.37. The highest BCUT2D eigenvalue weighted by Crippen LogP contribution is 2.51. The lowest BCUT2D eigenvalue weighted by Gasteiger charge is -2.33. The number of nitrogens with zero attached hydrogens (tertiary/aromatic N) is 3. The van der Waals surface area contributed by atoms with E-state index < -0.39 is 28.5 Å². The molecule has 3 aromatic rings. The molecule has 0 radical (unpaired) electrons. The molecule has 1 aliphatic heterocycles. The Morgan fingerprint density at radius 3 is 2.32 bits per heavy atom. The van der Waals surface area contributed by atoms with Gasteiger partial charge in [-0.3, -0.25) is 4.68 Å². The van der Waals surface area contributed by atoms with Crippen LogP contribution in [0.2, 0.25) is 0 Å². The average Bonchev–Trinajstić information content (AvgIpc) is 3.38. The molecule has 3 atom stereocenters. The minimum atomic E-state index is -4.60. The van der Waals surface area contributed by atoms with Gasteiger partial charge >= 0.3 is 6.18 Å². The highest BCUT2D eigenvalue weighted by atomic mass is 32.2. The van der Waals surface area contributed by atoms with Crippen LogP contribution < -0.4 is 4.72 Å². The summed E-state index contributed by atoms with van der Waals surface area (Å²) in [6.45, 7) is -1.63. The maximum absolute atomic E-state index is 13.3. The van der Waals surface area contributed by atoms with Gasteiger partial charge < -0.3 is 0 Å². The van der Waals surface area contributed by atoms with E-state index in [1.54, 1.807) is 16.8 Å². The van der Waals surface area contributed by atoms with Crippen LogP contribution in [-0.4, -0.2) is 47.3 Å². The molecule has 196 valence electrons. The molecule has 3 aliphatic rings. The molecule has 6 rings (SSSR count). The molecule has 1 saturated heterocycles. The Kier molecular flexibility index (Phi) is 5.56. The third kappa shape index (κ3) is 4.26. The van der Waals surface area contributed by atoms with Crippen LogP contribution in [0, 0.1) is 17.7 Å². The number of benzene rings is 2. The van der Waals surface area contributed by atoms with Crippen molar-refractivity contribution in [1.29, 1.82) is 0 Å². The van der Waals surface area contributed by atoms with Gasteiger partial charge in [0.2, 0.25) is 0 Å². The maximum atomic E-state index is 13.3. The molecule has 1 aromatic heterocycles. The number of aryl methyl sites for hydroxylation is 1. The molecule has 2 heterocycles. The first-order valence-electron chi connectivity index (χ1n) is 12.2. The summed E-state index contributed by atoms with van der Waals surface area (Å²) in [6.07, 6.45) is -1.86. The van der Waals surface area contributed by atoms with Crippen molar-refractivity contribution in [2.45, 2.75) is 37.4 Å². The fourth-order valence-electron chi connectivity index (χ4n) is 6.50. The second-order valence-electron chi connectivity index (χ2n) is 10.4. The van der Waals surface area contributed by atoms with Crippen molar-refractivity contribution in [3.63, 3.8) is 0 Å². The molecule has 2 aliphatic carbocycles. The summed E-state index contributed by atoms with van der Waals surface area (Å²) in [5.74, 6) is -0.480. The first-order chi connectivity index (χ1) is 17.4. The van der Waals surface area contributed by atoms with Gasteiger partial charge in [-0.2, -0.15) is 35.7 Å². The summed E-state index contributed by atoms with van der Waals surface area (Å²) in [7, 11) is -2.37. The molecule has 2 fully saturated rings. The van der Waals surface area contributed by atoms with Crippen molar-refractivity contribution >= 4 is 10.2 Å². The summed E-state index contributed by atoms with van der Waals surface area (Å²) < 4.78 is 83.2. The topological polar surface area (TPSA) is 67.2 Å². The van der Waals surface area contributed by atoms with Crippen molar-refractivity contribution in [2.75, 3.05) is 13.1 Å². The van der Waals surface area contributed by atoms with E-state index in [2.05, 4.69) is 15.9 Å². The molecular formula is C26H26F4N4O2S. The van der Waals surface area contributed by atoms with E-state index >= 15 is 0 Å². The van der Waals surface area contributed by atoms with E-state index in [1.807, 2.05) is 25.2 Å². The number of alkyl halides is 3. The monoisotopic (exact) mass is 534 g/mol.